The minimum Gasteiger partial charge on any atom is -0.493 e. The largest absolute Gasteiger partial charge is 0.493 e. The lowest BCUT2D eigenvalue weighted by atomic mass is 10.0. The van der Waals surface area contributed by atoms with Crippen molar-refractivity contribution in [3.8, 4) is 11.5 Å². The maximum atomic E-state index is 12.1. The first-order valence-electron chi connectivity index (χ1n) is 17.4. The lowest BCUT2D eigenvalue weighted by Gasteiger charge is -2.12. The smallest absolute Gasteiger partial charge is 0.336 e. The third kappa shape index (κ3) is 14.9. The summed E-state index contributed by atoms with van der Waals surface area (Å²) in [5.74, 6) is -0.173. The predicted molar refractivity (Wildman–Crippen MR) is 191 cm³/mol. The van der Waals surface area contributed by atoms with Crippen LogP contribution in [0.5, 0.6) is 11.5 Å². The van der Waals surface area contributed by atoms with Crippen LogP contribution in [0.1, 0.15) is 135 Å². The molecule has 8 nitrogen and oxygen atoms in total. The lowest BCUT2D eigenvalue weighted by Crippen LogP contribution is -2.21. The van der Waals surface area contributed by atoms with Crippen LogP contribution in [0.25, 0.3) is 10.8 Å². The summed E-state index contributed by atoms with van der Waals surface area (Å²) in [6.45, 7) is 5.85. The molecule has 258 valence electrons. The number of nitrogens with one attached hydrogen (secondary N) is 2. The Morgan fingerprint density at radius 3 is 1.43 bits per heavy atom. The Bertz CT molecular complexity index is 1330. The molecule has 0 heterocycles. The second-order valence-electron chi connectivity index (χ2n) is 11.8. The molecular formula is C39H56N2O6. The van der Waals surface area contributed by atoms with Crippen molar-refractivity contribution in [1.82, 2.24) is 10.6 Å². The summed E-state index contributed by atoms with van der Waals surface area (Å²) in [4.78, 5) is 34.8. The van der Waals surface area contributed by atoms with Crippen molar-refractivity contribution >= 4 is 28.6 Å². The fraction of sp³-hybridized carbons (Fsp3) is 0.513. The molecule has 0 aliphatic heterocycles. The van der Waals surface area contributed by atoms with Crippen LogP contribution in [0.2, 0.25) is 0 Å². The second-order valence-corrected chi connectivity index (χ2v) is 11.8. The summed E-state index contributed by atoms with van der Waals surface area (Å²) in [5, 5.41) is 15.9. The van der Waals surface area contributed by atoms with Crippen LogP contribution in [0.3, 0.4) is 0 Å². The number of amides is 2. The Labute approximate surface area is 281 Å². The Kier molecular flexibility index (Phi) is 19.4. The number of rotatable bonds is 21. The monoisotopic (exact) mass is 648 g/mol. The molecule has 3 aromatic rings. The van der Waals surface area contributed by atoms with Crippen LogP contribution < -0.4 is 20.1 Å². The van der Waals surface area contributed by atoms with Gasteiger partial charge in [-0.3, -0.25) is 9.59 Å². The summed E-state index contributed by atoms with van der Waals surface area (Å²) in [7, 11) is 3.12. The number of hydrogen-bond acceptors (Lipinski definition) is 5. The third-order valence-electron chi connectivity index (χ3n) is 7.99. The standard InChI is InChI=1S/C26H45NO3.C13H11NO3/c1-4-6-8-10-12-14-16-18-29-24-20-23(26(28)27-3)21-25(22-24)30-19-17-15-13-11-9-7-5-2;1-14-12(15)10-6-8-4-2-3-5-9(8)7-11(10)13(16)17/h20-22H,4-19H2,1-3H3,(H,27,28);2-7H,1H3,(H,14,15)(H,16,17). The van der Waals surface area contributed by atoms with Gasteiger partial charge in [0.05, 0.1) is 24.3 Å². The first kappa shape index (κ1) is 39.1. The average Bonchev–Trinajstić information content (AvgIpc) is 3.09. The number of carbonyl (C=O) groups is 3. The average molecular weight is 649 g/mol. The summed E-state index contributed by atoms with van der Waals surface area (Å²) in [6.07, 6.45) is 17.6. The Hall–Kier alpha value is -4.07. The summed E-state index contributed by atoms with van der Waals surface area (Å²) in [5.41, 5.74) is 0.783. The zero-order chi connectivity index (χ0) is 34.3. The fourth-order valence-electron chi connectivity index (χ4n) is 5.25. The highest BCUT2D eigenvalue weighted by molar-refractivity contribution is 6.08. The molecule has 0 saturated carbocycles. The molecule has 0 aliphatic rings. The minimum atomic E-state index is -1.10. The van der Waals surface area contributed by atoms with Crippen molar-refractivity contribution in [3.05, 3.63) is 71.3 Å². The molecule has 47 heavy (non-hydrogen) atoms. The Balaban J connectivity index is 0.000000378. The topological polar surface area (TPSA) is 114 Å². The molecule has 0 atom stereocenters. The molecule has 0 saturated heterocycles. The SMILES string of the molecule is CCCCCCCCCOc1cc(OCCCCCCCCC)cc(C(=O)NC)c1.CNC(=O)c1cc2ccccc2cc1C(=O)O. The molecule has 0 aromatic heterocycles. The van der Waals surface area contributed by atoms with Crippen molar-refractivity contribution in [2.45, 2.75) is 104 Å². The van der Waals surface area contributed by atoms with Gasteiger partial charge in [0.25, 0.3) is 11.8 Å². The van der Waals surface area contributed by atoms with Gasteiger partial charge in [0.1, 0.15) is 11.5 Å². The zero-order valence-electron chi connectivity index (χ0n) is 29.0. The van der Waals surface area contributed by atoms with Crippen LogP contribution >= 0.6 is 0 Å². The third-order valence-corrected chi connectivity index (χ3v) is 7.99. The Morgan fingerprint density at radius 1 is 0.574 bits per heavy atom. The fourth-order valence-corrected chi connectivity index (χ4v) is 5.25. The van der Waals surface area contributed by atoms with Gasteiger partial charge in [-0.05, 0) is 47.9 Å². The van der Waals surface area contributed by atoms with E-state index in [-0.39, 0.29) is 17.0 Å². The second kappa shape index (κ2) is 23.3. The van der Waals surface area contributed by atoms with Crippen molar-refractivity contribution in [2.24, 2.45) is 0 Å². The van der Waals surface area contributed by atoms with Gasteiger partial charge >= 0.3 is 5.97 Å². The van der Waals surface area contributed by atoms with Crippen molar-refractivity contribution in [2.75, 3.05) is 27.3 Å². The van der Waals surface area contributed by atoms with Gasteiger partial charge in [0, 0.05) is 25.7 Å². The van der Waals surface area contributed by atoms with E-state index < -0.39 is 11.9 Å². The van der Waals surface area contributed by atoms with E-state index in [0.717, 1.165) is 35.1 Å². The number of fused-ring (bicyclic) bond motifs is 1. The lowest BCUT2D eigenvalue weighted by molar-refractivity contribution is 0.0691. The van der Waals surface area contributed by atoms with Gasteiger partial charge in [0.2, 0.25) is 0 Å². The number of benzene rings is 3. The summed E-state index contributed by atoms with van der Waals surface area (Å²) in [6, 6.07) is 16.0. The number of unbranched alkanes of at least 4 members (excludes halogenated alkanes) is 12. The molecule has 0 radical (unpaired) electrons. The van der Waals surface area contributed by atoms with Gasteiger partial charge < -0.3 is 25.2 Å². The van der Waals surface area contributed by atoms with Gasteiger partial charge in [0.15, 0.2) is 0 Å². The highest BCUT2D eigenvalue weighted by Crippen LogP contribution is 2.24. The van der Waals surface area contributed by atoms with E-state index >= 15 is 0 Å². The van der Waals surface area contributed by atoms with E-state index in [4.69, 9.17) is 14.6 Å². The molecule has 3 N–H and O–H groups in total. The van der Waals surface area contributed by atoms with E-state index in [9.17, 15) is 14.4 Å². The number of ether oxygens (including phenoxy) is 2. The molecule has 3 aromatic carbocycles. The van der Waals surface area contributed by atoms with Gasteiger partial charge in [-0.25, -0.2) is 4.79 Å². The molecule has 0 spiro atoms. The Morgan fingerprint density at radius 2 is 1.00 bits per heavy atom. The van der Waals surface area contributed by atoms with E-state index in [1.807, 2.05) is 30.3 Å². The number of aromatic carboxylic acids is 1. The number of carboxylic acids is 1. The van der Waals surface area contributed by atoms with Crippen LogP contribution in [0, 0.1) is 0 Å². The number of carboxylic acid groups (broad SMARTS) is 1. The normalized spacial score (nSPS) is 10.6. The molecule has 8 heteroatoms. The molecular weight excluding hydrogens is 592 g/mol. The highest BCUT2D eigenvalue weighted by atomic mass is 16.5. The summed E-state index contributed by atoms with van der Waals surface area (Å²) >= 11 is 0. The predicted octanol–water partition coefficient (Wildman–Crippen LogP) is 9.20. The van der Waals surface area contributed by atoms with Gasteiger partial charge in [-0.1, -0.05) is 115 Å². The molecule has 0 aliphatic carbocycles. The van der Waals surface area contributed by atoms with E-state index in [0.29, 0.717) is 18.8 Å². The first-order valence-corrected chi connectivity index (χ1v) is 17.4. The van der Waals surface area contributed by atoms with E-state index in [1.165, 1.54) is 90.2 Å². The van der Waals surface area contributed by atoms with Gasteiger partial charge in [-0.15, -0.1) is 0 Å². The van der Waals surface area contributed by atoms with E-state index in [2.05, 4.69) is 24.5 Å². The molecule has 0 unspecified atom stereocenters. The van der Waals surface area contributed by atoms with Crippen molar-refractivity contribution in [1.29, 1.82) is 0 Å². The van der Waals surface area contributed by atoms with Crippen molar-refractivity contribution in [3.63, 3.8) is 0 Å². The molecule has 3 rings (SSSR count). The maximum absolute atomic E-state index is 12.1. The quantitative estimate of drug-likeness (QED) is 0.0993. The van der Waals surface area contributed by atoms with E-state index in [1.54, 1.807) is 25.2 Å². The number of carbonyl (C=O) groups excluding carboxylic acids is 2. The zero-order valence-corrected chi connectivity index (χ0v) is 29.0. The molecule has 2 amide bonds. The van der Waals surface area contributed by atoms with Crippen LogP contribution in [-0.2, 0) is 0 Å². The van der Waals surface area contributed by atoms with Crippen LogP contribution in [0.15, 0.2) is 54.6 Å². The van der Waals surface area contributed by atoms with Crippen molar-refractivity contribution < 1.29 is 29.0 Å². The first-order chi connectivity index (χ1) is 22.8. The highest BCUT2D eigenvalue weighted by Gasteiger charge is 2.16. The number of hydrogen-bond donors (Lipinski definition) is 3. The molecule has 0 bridgehead atoms. The summed E-state index contributed by atoms with van der Waals surface area (Å²) < 4.78 is 11.9. The molecule has 0 fully saturated rings. The maximum Gasteiger partial charge on any atom is 0.336 e. The minimum absolute atomic E-state index is 0.0167. The van der Waals surface area contributed by atoms with Gasteiger partial charge in [-0.2, -0.15) is 0 Å². The van der Waals surface area contributed by atoms with Crippen LogP contribution in [0.4, 0.5) is 0 Å². The van der Waals surface area contributed by atoms with Crippen LogP contribution in [-0.4, -0.2) is 50.2 Å².